The molecule has 17 heavy (non-hydrogen) atoms. The van der Waals surface area contributed by atoms with E-state index in [-0.39, 0.29) is 17.6 Å². The van der Waals surface area contributed by atoms with Crippen LogP contribution in [0.3, 0.4) is 0 Å². The summed E-state index contributed by atoms with van der Waals surface area (Å²) >= 11 is 8.03. The van der Waals surface area contributed by atoms with Gasteiger partial charge in [-0.05, 0) is 7.05 Å². The zero-order chi connectivity index (χ0) is 13.3. The second-order valence-electron chi connectivity index (χ2n) is 3.27. The van der Waals surface area contributed by atoms with E-state index in [0.29, 0.717) is 23.0 Å². The van der Waals surface area contributed by atoms with Crippen molar-refractivity contribution in [2.24, 2.45) is 5.73 Å². The van der Waals surface area contributed by atoms with Crippen molar-refractivity contribution in [3.63, 3.8) is 0 Å². The maximum atomic E-state index is 11.6. The topological polar surface area (TPSA) is 72.2 Å². The minimum absolute atomic E-state index is 0.0377. The third-order valence-corrected chi connectivity index (χ3v) is 4.95. The molecular weight excluding hydrogens is 296 g/mol. The summed E-state index contributed by atoms with van der Waals surface area (Å²) in [7, 11) is 4.45. The number of rotatable bonds is 10. The zero-order valence-corrected chi connectivity index (χ0v) is 13.0. The number of nitrogens with two attached hydrogens (primary N) is 1. The Kier molecular flexibility index (Phi) is 11.0. The molecule has 0 aliphatic carbocycles. The number of likely N-dealkylation sites (N-methyl/N-ethyl adjacent to an activating group) is 1. The molecule has 4 nitrogen and oxygen atoms in total. The molecule has 0 spiro atoms. The molecule has 0 aromatic heterocycles. The summed E-state index contributed by atoms with van der Waals surface area (Å²) in [5, 5.41) is 2.88. The fraction of sp³-hybridized carbons (Fsp3) is 0.778. The second kappa shape index (κ2) is 10.6. The molecule has 2 atom stereocenters. The Morgan fingerprint density at radius 2 is 1.71 bits per heavy atom. The molecule has 0 aliphatic rings. The van der Waals surface area contributed by atoms with Gasteiger partial charge in [0.2, 0.25) is 0 Å². The van der Waals surface area contributed by atoms with Gasteiger partial charge in [0.15, 0.2) is 11.6 Å². The summed E-state index contributed by atoms with van der Waals surface area (Å²) in [5.74, 6) is 1.55. The molecule has 100 valence electrons. The minimum atomic E-state index is -0.510. The average Bonchev–Trinajstić information content (AvgIpc) is 2.34. The first-order valence-corrected chi connectivity index (χ1v) is 8.76. The van der Waals surface area contributed by atoms with Crippen molar-refractivity contribution in [2.45, 2.75) is 12.1 Å². The van der Waals surface area contributed by atoms with Gasteiger partial charge in [0.05, 0.1) is 23.6 Å². The molecule has 0 aliphatic heterocycles. The molecular formula is C9H18N2O2S4. The number of ketones is 2. The Morgan fingerprint density at radius 1 is 1.18 bits per heavy atom. The quantitative estimate of drug-likeness (QED) is 0.264. The lowest BCUT2D eigenvalue weighted by molar-refractivity contribution is -0.118. The maximum Gasteiger partial charge on any atom is 0.161 e. The first kappa shape index (κ1) is 17.7. The molecule has 8 heteroatoms. The molecule has 0 rings (SSSR count). The zero-order valence-electron chi connectivity index (χ0n) is 9.59. The molecule has 0 heterocycles. The molecule has 0 aromatic carbocycles. The van der Waals surface area contributed by atoms with Gasteiger partial charge in [-0.3, -0.25) is 9.59 Å². The average molecular weight is 315 g/mol. The van der Waals surface area contributed by atoms with Crippen LogP contribution in [0.5, 0.6) is 0 Å². The Balaban J connectivity index is 3.71. The predicted octanol–water partition coefficient (Wildman–Crippen LogP) is 0.281. The van der Waals surface area contributed by atoms with Crippen LogP contribution in [0.15, 0.2) is 0 Å². The van der Waals surface area contributed by atoms with Gasteiger partial charge in [-0.2, -0.15) is 25.3 Å². The van der Waals surface area contributed by atoms with Gasteiger partial charge >= 0.3 is 0 Å². The van der Waals surface area contributed by atoms with Gasteiger partial charge in [0.1, 0.15) is 0 Å². The lowest BCUT2D eigenvalue weighted by Gasteiger charge is -2.11. The van der Waals surface area contributed by atoms with Crippen LogP contribution in [0.25, 0.3) is 0 Å². The summed E-state index contributed by atoms with van der Waals surface area (Å²) in [6.07, 6.45) is 0. The minimum Gasteiger partial charge on any atom is -0.321 e. The van der Waals surface area contributed by atoms with Crippen LogP contribution >= 0.6 is 46.8 Å². The van der Waals surface area contributed by atoms with E-state index in [1.54, 1.807) is 7.05 Å². The second-order valence-corrected chi connectivity index (χ2v) is 6.46. The number of thiol groups is 2. The standard InChI is InChI=1S/C9H18N2O2S4/c1-11-7(3-15)9(13)5-17-16-4-8(12)6(10)2-14/h6-7,11,14-15H,2-5,10H2,1H3/t6-,7-/m0/s1. The van der Waals surface area contributed by atoms with Gasteiger partial charge in [0.25, 0.3) is 0 Å². The Hall–Kier alpha value is 0.660. The monoisotopic (exact) mass is 314 g/mol. The van der Waals surface area contributed by atoms with Crippen LogP contribution in [-0.2, 0) is 9.59 Å². The van der Waals surface area contributed by atoms with E-state index < -0.39 is 6.04 Å². The molecule has 0 saturated carbocycles. The Morgan fingerprint density at radius 3 is 2.12 bits per heavy atom. The SMILES string of the molecule is CN[C@@H](CS)C(=O)CSSCC(=O)[C@@H](N)CS. The third kappa shape index (κ3) is 7.63. The van der Waals surface area contributed by atoms with Gasteiger partial charge in [0, 0.05) is 11.5 Å². The predicted molar refractivity (Wildman–Crippen MR) is 83.5 cm³/mol. The summed E-state index contributed by atoms with van der Waals surface area (Å²) < 4.78 is 0. The number of nitrogens with one attached hydrogen (secondary N) is 1. The molecule has 0 aromatic rings. The van der Waals surface area contributed by atoms with Crippen LogP contribution in [0.2, 0.25) is 0 Å². The van der Waals surface area contributed by atoms with E-state index in [1.165, 1.54) is 21.6 Å². The van der Waals surface area contributed by atoms with Gasteiger partial charge in [-0.25, -0.2) is 0 Å². The van der Waals surface area contributed by atoms with E-state index in [0.717, 1.165) is 0 Å². The van der Waals surface area contributed by atoms with Gasteiger partial charge in [-0.1, -0.05) is 21.6 Å². The van der Waals surface area contributed by atoms with Crippen molar-refractivity contribution < 1.29 is 9.59 Å². The molecule has 0 radical (unpaired) electrons. The van der Waals surface area contributed by atoms with Crippen molar-refractivity contribution >= 4 is 58.4 Å². The highest BCUT2D eigenvalue weighted by atomic mass is 33.1. The van der Waals surface area contributed by atoms with Crippen LogP contribution in [0.1, 0.15) is 0 Å². The van der Waals surface area contributed by atoms with E-state index in [9.17, 15) is 9.59 Å². The summed E-state index contributed by atoms with van der Waals surface area (Å²) in [6.45, 7) is 0. The van der Waals surface area contributed by atoms with E-state index in [1.807, 2.05) is 0 Å². The van der Waals surface area contributed by atoms with Crippen LogP contribution in [0, 0.1) is 0 Å². The highest BCUT2D eigenvalue weighted by Crippen LogP contribution is 2.21. The molecule has 0 amide bonds. The fourth-order valence-corrected chi connectivity index (χ4v) is 3.46. The Bertz CT molecular complexity index is 249. The molecule has 0 bridgehead atoms. The number of hydrogen-bond acceptors (Lipinski definition) is 8. The first-order valence-electron chi connectivity index (χ1n) is 5.01. The normalized spacial score (nSPS) is 14.4. The van der Waals surface area contributed by atoms with Gasteiger partial charge in [-0.15, -0.1) is 0 Å². The summed E-state index contributed by atoms with van der Waals surface area (Å²) in [5.41, 5.74) is 5.51. The fourth-order valence-electron chi connectivity index (χ4n) is 0.863. The van der Waals surface area contributed by atoms with Crippen LogP contribution < -0.4 is 11.1 Å². The summed E-state index contributed by atoms with van der Waals surface area (Å²) in [4.78, 5) is 22.9. The number of carbonyl (C=O) groups excluding carboxylic acids is 2. The highest BCUT2D eigenvalue weighted by molar-refractivity contribution is 8.77. The van der Waals surface area contributed by atoms with E-state index >= 15 is 0 Å². The molecule has 0 unspecified atom stereocenters. The number of hydrogen-bond donors (Lipinski definition) is 4. The Labute approximate surface area is 121 Å². The summed E-state index contributed by atoms with van der Waals surface area (Å²) in [6, 6.07) is -0.730. The lowest BCUT2D eigenvalue weighted by atomic mass is 10.2. The molecule has 3 N–H and O–H groups in total. The van der Waals surface area contributed by atoms with Gasteiger partial charge < -0.3 is 11.1 Å². The maximum absolute atomic E-state index is 11.6. The number of Topliss-reactive ketones (excluding diaryl/α,β-unsaturated/α-hetero) is 2. The highest BCUT2D eigenvalue weighted by Gasteiger charge is 2.15. The number of carbonyl (C=O) groups is 2. The van der Waals surface area contributed by atoms with E-state index in [2.05, 4.69) is 30.6 Å². The van der Waals surface area contributed by atoms with Crippen molar-refractivity contribution in [3.05, 3.63) is 0 Å². The van der Waals surface area contributed by atoms with Crippen molar-refractivity contribution in [1.29, 1.82) is 0 Å². The van der Waals surface area contributed by atoms with E-state index in [4.69, 9.17) is 5.73 Å². The van der Waals surface area contributed by atoms with Crippen molar-refractivity contribution in [3.8, 4) is 0 Å². The van der Waals surface area contributed by atoms with Crippen LogP contribution in [0.4, 0.5) is 0 Å². The van der Waals surface area contributed by atoms with Crippen molar-refractivity contribution in [1.82, 2.24) is 5.32 Å². The van der Waals surface area contributed by atoms with Crippen molar-refractivity contribution in [2.75, 3.05) is 30.1 Å². The lowest BCUT2D eigenvalue weighted by Crippen LogP contribution is -2.36. The first-order chi connectivity index (χ1) is 8.06. The smallest absolute Gasteiger partial charge is 0.161 e. The molecule has 0 saturated heterocycles. The third-order valence-electron chi connectivity index (χ3n) is 2.02. The largest absolute Gasteiger partial charge is 0.321 e. The molecule has 0 fully saturated rings. The van der Waals surface area contributed by atoms with Crippen LogP contribution in [-0.4, -0.2) is 53.7 Å².